The van der Waals surface area contributed by atoms with E-state index in [2.05, 4.69) is 33.8 Å². The molecule has 0 amide bonds. The van der Waals surface area contributed by atoms with Crippen molar-refractivity contribution >= 4 is 11.6 Å². The van der Waals surface area contributed by atoms with Gasteiger partial charge in [0, 0.05) is 17.3 Å². The molecule has 4 aliphatic rings. The van der Waals surface area contributed by atoms with Crippen LogP contribution in [0.3, 0.4) is 0 Å². The van der Waals surface area contributed by atoms with Crippen molar-refractivity contribution < 1.29 is 14.7 Å². The molecule has 0 radical (unpaired) electrons. The summed E-state index contributed by atoms with van der Waals surface area (Å²) >= 11 is 0. The zero-order chi connectivity index (χ0) is 19.7. The van der Waals surface area contributed by atoms with Crippen LogP contribution in [0.1, 0.15) is 60.3 Å². The van der Waals surface area contributed by atoms with Crippen LogP contribution in [0.2, 0.25) is 0 Å². The van der Waals surface area contributed by atoms with Gasteiger partial charge in [-0.1, -0.05) is 39.3 Å². The summed E-state index contributed by atoms with van der Waals surface area (Å²) in [6.07, 6.45) is 8.91. The Kier molecular flexibility index (Phi) is 4.34. The lowest BCUT2D eigenvalue weighted by Gasteiger charge is -2.63. The molecule has 4 aliphatic carbocycles. The van der Waals surface area contributed by atoms with E-state index < -0.39 is 6.10 Å². The summed E-state index contributed by atoms with van der Waals surface area (Å²) in [5.74, 6) is 2.19. The van der Waals surface area contributed by atoms with Gasteiger partial charge >= 0.3 is 0 Å². The monoisotopic (exact) mass is 370 g/mol. The normalized spacial score (nSPS) is 51.3. The summed E-state index contributed by atoms with van der Waals surface area (Å²) in [6, 6.07) is 0. The summed E-state index contributed by atoms with van der Waals surface area (Å²) < 4.78 is 0. The van der Waals surface area contributed by atoms with Crippen LogP contribution >= 0.6 is 0 Å². The van der Waals surface area contributed by atoms with Crippen molar-refractivity contribution in [1.82, 2.24) is 0 Å². The number of allylic oxidation sites excluding steroid dienone is 4. The summed E-state index contributed by atoms with van der Waals surface area (Å²) in [4.78, 5) is 24.6. The summed E-state index contributed by atoms with van der Waals surface area (Å²) in [6.45, 7) is 10.7. The molecule has 0 aromatic heterocycles. The average molecular weight is 371 g/mol. The minimum Gasteiger partial charge on any atom is -0.392 e. The van der Waals surface area contributed by atoms with E-state index in [0.717, 1.165) is 19.3 Å². The molecule has 0 spiro atoms. The van der Waals surface area contributed by atoms with E-state index in [-0.39, 0.29) is 34.2 Å². The highest BCUT2D eigenvalue weighted by molar-refractivity contribution is 6.01. The van der Waals surface area contributed by atoms with Gasteiger partial charge in [0.1, 0.15) is 5.78 Å². The van der Waals surface area contributed by atoms with Gasteiger partial charge in [0.2, 0.25) is 0 Å². The van der Waals surface area contributed by atoms with E-state index in [1.165, 1.54) is 5.57 Å². The lowest BCUT2D eigenvalue weighted by Crippen LogP contribution is -2.61. The first kappa shape index (κ1) is 19.1. The molecule has 3 heteroatoms. The third-order valence-electron chi connectivity index (χ3n) is 9.11. The third kappa shape index (κ3) is 2.36. The molecule has 4 rings (SSSR count). The minimum absolute atomic E-state index is 0.0581. The number of rotatable bonds is 2. The molecule has 0 saturated heterocycles. The topological polar surface area (TPSA) is 54.4 Å². The van der Waals surface area contributed by atoms with Crippen molar-refractivity contribution in [3.63, 3.8) is 0 Å². The number of aliphatic hydroxyl groups excluding tert-OH is 1. The fraction of sp³-hybridized carbons (Fsp3) is 0.750. The Morgan fingerprint density at radius 2 is 1.96 bits per heavy atom. The quantitative estimate of drug-likeness (QED) is 0.786. The lowest BCUT2D eigenvalue weighted by molar-refractivity contribution is -0.171. The second-order valence-corrected chi connectivity index (χ2v) is 10.2. The van der Waals surface area contributed by atoms with Gasteiger partial charge in [-0.05, 0) is 73.8 Å². The first-order valence-corrected chi connectivity index (χ1v) is 10.8. The number of carbonyl (C=O) groups is 2. The molecule has 0 bridgehead atoms. The molecule has 0 aromatic rings. The van der Waals surface area contributed by atoms with Crippen LogP contribution in [0, 0.1) is 46.3 Å². The van der Waals surface area contributed by atoms with E-state index in [0.29, 0.717) is 30.1 Å². The molecule has 27 heavy (non-hydrogen) atoms. The number of carbonyl (C=O) groups excluding carboxylic acids is 2. The smallest absolute Gasteiger partial charge is 0.178 e. The number of fused-ring (bicyclic) bond motifs is 5. The van der Waals surface area contributed by atoms with Crippen molar-refractivity contribution in [2.45, 2.75) is 66.4 Å². The SMILES string of the molecule is CC[C@]12C(O)CC3(C)C(C[C@@H](C)C3C(C)=O)C1C[C@H](C)C1=CC(=O)C=CC12. The molecule has 3 nitrogen and oxygen atoms in total. The molecule has 0 heterocycles. The molecule has 3 fully saturated rings. The van der Waals surface area contributed by atoms with Gasteiger partial charge in [-0.15, -0.1) is 0 Å². The second kappa shape index (κ2) is 6.14. The summed E-state index contributed by atoms with van der Waals surface area (Å²) in [5.41, 5.74) is 0.909. The Morgan fingerprint density at radius 3 is 2.59 bits per heavy atom. The fourth-order valence-corrected chi connectivity index (χ4v) is 8.28. The highest BCUT2D eigenvalue weighted by Crippen LogP contribution is 2.70. The number of Topliss-reactive ketones (excluding diaryl/α,β-unsaturated/α-hetero) is 1. The van der Waals surface area contributed by atoms with Crippen LogP contribution in [0.15, 0.2) is 23.8 Å². The van der Waals surface area contributed by atoms with Gasteiger partial charge in [-0.2, -0.15) is 0 Å². The predicted molar refractivity (Wildman–Crippen MR) is 106 cm³/mol. The van der Waals surface area contributed by atoms with Crippen LogP contribution in [0.5, 0.6) is 0 Å². The van der Waals surface area contributed by atoms with Crippen LogP contribution in [0.25, 0.3) is 0 Å². The molecule has 0 aliphatic heterocycles. The average Bonchev–Trinajstić information content (AvgIpc) is 2.85. The first-order valence-electron chi connectivity index (χ1n) is 10.8. The van der Waals surface area contributed by atoms with Gasteiger partial charge < -0.3 is 5.11 Å². The minimum atomic E-state index is -0.431. The van der Waals surface area contributed by atoms with Crippen LogP contribution in [0.4, 0.5) is 0 Å². The van der Waals surface area contributed by atoms with Crippen LogP contribution < -0.4 is 0 Å². The zero-order valence-corrected chi connectivity index (χ0v) is 17.4. The van der Waals surface area contributed by atoms with E-state index in [1.807, 2.05) is 6.08 Å². The predicted octanol–water partition coefficient (Wildman–Crippen LogP) is 4.35. The number of hydrogen-bond acceptors (Lipinski definition) is 3. The fourth-order valence-electron chi connectivity index (χ4n) is 8.28. The van der Waals surface area contributed by atoms with Crippen molar-refractivity contribution in [2.24, 2.45) is 46.3 Å². The molecular formula is C24H34O3. The van der Waals surface area contributed by atoms with Crippen LogP contribution in [-0.2, 0) is 9.59 Å². The van der Waals surface area contributed by atoms with Crippen molar-refractivity contribution in [3.05, 3.63) is 23.8 Å². The first-order chi connectivity index (χ1) is 12.7. The van der Waals surface area contributed by atoms with Crippen molar-refractivity contribution in [1.29, 1.82) is 0 Å². The van der Waals surface area contributed by atoms with Gasteiger partial charge in [0.25, 0.3) is 0 Å². The molecular weight excluding hydrogens is 336 g/mol. The molecule has 3 saturated carbocycles. The molecule has 1 N–H and O–H groups in total. The van der Waals surface area contributed by atoms with Gasteiger partial charge in [-0.25, -0.2) is 0 Å². The lowest BCUT2D eigenvalue weighted by atomic mass is 9.42. The highest BCUT2D eigenvalue weighted by atomic mass is 16.3. The van der Waals surface area contributed by atoms with Gasteiger partial charge in [-0.3, -0.25) is 9.59 Å². The molecule has 9 atom stereocenters. The number of hydrogen-bond donors (Lipinski definition) is 1. The molecule has 0 aromatic carbocycles. The Labute approximate surface area is 163 Å². The standard InChI is InChI=1S/C24H34O3/c1-6-24-18-8-7-16(26)11-17(18)13(2)9-20(24)19-10-14(3)22(15(4)25)23(19,5)12-21(24)27/h7-8,11,13-14,18-22,27H,6,9-10,12H2,1-5H3/t13-,14+,18?,19?,20?,21?,22?,23?,24+/m0/s1. The van der Waals surface area contributed by atoms with Crippen molar-refractivity contribution in [2.75, 3.05) is 0 Å². The van der Waals surface area contributed by atoms with E-state index >= 15 is 0 Å². The van der Waals surface area contributed by atoms with E-state index in [1.54, 1.807) is 13.0 Å². The van der Waals surface area contributed by atoms with Gasteiger partial charge in [0.15, 0.2) is 5.78 Å². The Balaban J connectivity index is 1.84. The molecule has 6 unspecified atom stereocenters. The maximum Gasteiger partial charge on any atom is 0.178 e. The number of ketones is 2. The largest absolute Gasteiger partial charge is 0.392 e. The van der Waals surface area contributed by atoms with Gasteiger partial charge in [0.05, 0.1) is 6.10 Å². The second-order valence-electron chi connectivity index (χ2n) is 10.2. The van der Waals surface area contributed by atoms with E-state index in [4.69, 9.17) is 0 Å². The molecule has 148 valence electrons. The van der Waals surface area contributed by atoms with E-state index in [9.17, 15) is 14.7 Å². The Hall–Kier alpha value is -1.22. The Morgan fingerprint density at radius 1 is 1.26 bits per heavy atom. The summed E-state index contributed by atoms with van der Waals surface area (Å²) in [5, 5.41) is 11.6. The zero-order valence-electron chi connectivity index (χ0n) is 17.4. The number of aliphatic hydroxyl groups is 1. The highest BCUT2D eigenvalue weighted by Gasteiger charge is 2.67. The maximum atomic E-state index is 12.5. The maximum absolute atomic E-state index is 12.5. The third-order valence-corrected chi connectivity index (χ3v) is 9.11. The van der Waals surface area contributed by atoms with Crippen molar-refractivity contribution in [3.8, 4) is 0 Å². The van der Waals surface area contributed by atoms with Crippen LogP contribution in [-0.4, -0.2) is 22.8 Å². The summed E-state index contributed by atoms with van der Waals surface area (Å²) in [7, 11) is 0. The Bertz CT molecular complexity index is 734.